The molecule has 1 amide bonds. The Balaban J connectivity index is 1.85. The van der Waals surface area contributed by atoms with Gasteiger partial charge in [-0.25, -0.2) is 4.79 Å². The van der Waals surface area contributed by atoms with Crippen LogP contribution in [0.15, 0.2) is 69.1 Å². The van der Waals surface area contributed by atoms with Crippen LogP contribution in [0.5, 0.6) is 0 Å². The third kappa shape index (κ3) is 4.81. The first-order valence-electron chi connectivity index (χ1n) is 8.50. The van der Waals surface area contributed by atoms with Crippen LogP contribution in [-0.2, 0) is 4.79 Å². The van der Waals surface area contributed by atoms with Crippen LogP contribution < -0.4 is 5.32 Å². The number of hydrogen-bond acceptors (Lipinski definition) is 4. The molecule has 0 spiro atoms. The van der Waals surface area contributed by atoms with Crippen LogP contribution in [0.1, 0.15) is 21.7 Å². The van der Waals surface area contributed by atoms with Crippen molar-refractivity contribution in [3.05, 3.63) is 81.5 Å². The fraction of sp³-hybridized carbons (Fsp3) is 0.0455. The summed E-state index contributed by atoms with van der Waals surface area (Å²) in [6.07, 6.45) is 1.34. The first-order chi connectivity index (χ1) is 13.9. The van der Waals surface area contributed by atoms with E-state index in [1.807, 2.05) is 13.0 Å². The first-order valence-corrected chi connectivity index (χ1v) is 9.29. The zero-order valence-corrected chi connectivity index (χ0v) is 16.9. The number of furan rings is 1. The molecule has 2 aromatic carbocycles. The third-order valence-corrected chi connectivity index (χ3v) is 4.66. The Kier molecular flexibility index (Phi) is 5.96. The highest BCUT2D eigenvalue weighted by Gasteiger charge is 2.14. The number of carbonyl (C=O) groups excluding carboxylic acids is 1. The summed E-state index contributed by atoms with van der Waals surface area (Å²) >= 11 is 3.32. The molecule has 1 heterocycles. The molecule has 0 aliphatic heterocycles. The van der Waals surface area contributed by atoms with E-state index < -0.39 is 11.9 Å². The summed E-state index contributed by atoms with van der Waals surface area (Å²) in [5.74, 6) is -0.837. The van der Waals surface area contributed by atoms with E-state index >= 15 is 0 Å². The second-order valence-corrected chi connectivity index (χ2v) is 7.08. The number of carboxylic acid groups (broad SMARTS) is 1. The number of aromatic carboxylic acids is 1. The third-order valence-electron chi connectivity index (χ3n) is 4.13. The number of carboxylic acids is 1. The minimum absolute atomic E-state index is 0.121. The minimum atomic E-state index is -1.03. The summed E-state index contributed by atoms with van der Waals surface area (Å²) < 4.78 is 6.60. The van der Waals surface area contributed by atoms with Gasteiger partial charge in [0.15, 0.2) is 0 Å². The lowest BCUT2D eigenvalue weighted by molar-refractivity contribution is -0.112. The van der Waals surface area contributed by atoms with Gasteiger partial charge in [-0.1, -0.05) is 22.0 Å². The molecule has 2 N–H and O–H groups in total. The molecule has 0 aliphatic carbocycles. The predicted molar refractivity (Wildman–Crippen MR) is 112 cm³/mol. The summed E-state index contributed by atoms with van der Waals surface area (Å²) in [6.45, 7) is 1.84. The summed E-state index contributed by atoms with van der Waals surface area (Å²) in [6, 6.07) is 16.9. The van der Waals surface area contributed by atoms with Gasteiger partial charge in [-0.15, -0.1) is 0 Å². The van der Waals surface area contributed by atoms with Gasteiger partial charge in [0.2, 0.25) is 0 Å². The number of amides is 1. The van der Waals surface area contributed by atoms with Gasteiger partial charge in [0.1, 0.15) is 23.2 Å². The maximum absolute atomic E-state index is 12.4. The predicted octanol–water partition coefficient (Wildman–Crippen LogP) is 5.26. The van der Waals surface area contributed by atoms with Gasteiger partial charge in [-0.05, 0) is 61.0 Å². The van der Waals surface area contributed by atoms with Crippen molar-refractivity contribution in [3.63, 3.8) is 0 Å². The lowest BCUT2D eigenvalue weighted by Crippen LogP contribution is -2.13. The van der Waals surface area contributed by atoms with Crippen LogP contribution in [0.2, 0.25) is 0 Å². The summed E-state index contributed by atoms with van der Waals surface area (Å²) in [4.78, 5) is 23.6. The fourth-order valence-corrected chi connectivity index (χ4v) is 2.88. The fourth-order valence-electron chi connectivity index (χ4n) is 2.62. The monoisotopic (exact) mass is 450 g/mol. The van der Waals surface area contributed by atoms with Crippen molar-refractivity contribution in [1.82, 2.24) is 0 Å². The Bertz CT molecular complexity index is 1150. The van der Waals surface area contributed by atoms with Crippen molar-refractivity contribution in [2.45, 2.75) is 6.92 Å². The largest absolute Gasteiger partial charge is 0.478 e. The van der Waals surface area contributed by atoms with E-state index in [2.05, 4.69) is 21.2 Å². The minimum Gasteiger partial charge on any atom is -0.478 e. The Morgan fingerprint density at radius 3 is 2.52 bits per heavy atom. The molecule has 7 heteroatoms. The van der Waals surface area contributed by atoms with E-state index in [0.29, 0.717) is 22.8 Å². The van der Waals surface area contributed by atoms with Gasteiger partial charge in [0, 0.05) is 21.8 Å². The van der Waals surface area contributed by atoms with Crippen molar-refractivity contribution in [2.24, 2.45) is 0 Å². The highest BCUT2D eigenvalue weighted by atomic mass is 79.9. The lowest BCUT2D eigenvalue weighted by Gasteiger charge is -2.05. The Morgan fingerprint density at radius 1 is 1.14 bits per heavy atom. The normalized spacial score (nSPS) is 11.0. The van der Waals surface area contributed by atoms with Crippen LogP contribution in [0, 0.1) is 18.3 Å². The SMILES string of the molecule is Cc1ccc(C(=O)O)cc1-c1ccc(/C=C(/C#N)C(=O)Nc2ccc(Br)cc2)o1. The Hall–Kier alpha value is -3.63. The molecular weight excluding hydrogens is 436 g/mol. The van der Waals surface area contributed by atoms with Crippen molar-refractivity contribution in [3.8, 4) is 17.4 Å². The van der Waals surface area contributed by atoms with Gasteiger partial charge < -0.3 is 14.8 Å². The molecule has 0 saturated heterocycles. The van der Waals surface area contributed by atoms with Gasteiger partial charge in [-0.3, -0.25) is 4.79 Å². The number of nitrogens with zero attached hydrogens (tertiary/aromatic N) is 1. The number of carbonyl (C=O) groups is 2. The molecule has 0 fully saturated rings. The molecule has 0 radical (unpaired) electrons. The number of rotatable bonds is 5. The average Bonchev–Trinajstić information content (AvgIpc) is 3.16. The first kappa shape index (κ1) is 20.1. The van der Waals surface area contributed by atoms with E-state index in [4.69, 9.17) is 4.42 Å². The van der Waals surface area contributed by atoms with Gasteiger partial charge in [0.05, 0.1) is 5.56 Å². The average molecular weight is 451 g/mol. The van der Waals surface area contributed by atoms with Crippen molar-refractivity contribution in [2.75, 3.05) is 5.32 Å². The van der Waals surface area contributed by atoms with E-state index in [0.717, 1.165) is 10.0 Å². The van der Waals surface area contributed by atoms with Crippen LogP contribution >= 0.6 is 15.9 Å². The molecular formula is C22H15BrN2O4. The second kappa shape index (κ2) is 8.59. The highest BCUT2D eigenvalue weighted by molar-refractivity contribution is 9.10. The number of anilines is 1. The van der Waals surface area contributed by atoms with Crippen LogP contribution in [0.3, 0.4) is 0 Å². The number of benzene rings is 2. The Morgan fingerprint density at radius 2 is 1.86 bits per heavy atom. The molecule has 0 unspecified atom stereocenters. The van der Waals surface area contributed by atoms with E-state index in [-0.39, 0.29) is 11.1 Å². The highest BCUT2D eigenvalue weighted by Crippen LogP contribution is 2.28. The molecule has 29 heavy (non-hydrogen) atoms. The molecule has 3 aromatic rings. The molecule has 0 aliphatic rings. The van der Waals surface area contributed by atoms with Crippen molar-refractivity contribution in [1.29, 1.82) is 5.26 Å². The topological polar surface area (TPSA) is 103 Å². The molecule has 0 atom stereocenters. The number of hydrogen-bond donors (Lipinski definition) is 2. The van der Waals surface area contributed by atoms with Gasteiger partial charge >= 0.3 is 5.97 Å². The van der Waals surface area contributed by atoms with E-state index in [1.165, 1.54) is 18.2 Å². The Labute approximate surface area is 175 Å². The number of nitriles is 1. The summed E-state index contributed by atoms with van der Waals surface area (Å²) in [5, 5.41) is 21.2. The second-order valence-electron chi connectivity index (χ2n) is 6.17. The maximum atomic E-state index is 12.4. The van der Waals surface area contributed by atoms with E-state index in [1.54, 1.807) is 42.5 Å². The number of nitrogens with one attached hydrogen (secondary N) is 1. The van der Waals surface area contributed by atoms with Gasteiger partial charge in [0.25, 0.3) is 5.91 Å². The van der Waals surface area contributed by atoms with Crippen molar-refractivity contribution < 1.29 is 19.1 Å². The summed E-state index contributed by atoms with van der Waals surface area (Å²) in [5.41, 5.74) is 2.05. The standard InChI is InChI=1S/C22H15BrN2O4/c1-13-2-3-14(22(27)28)11-19(13)20-9-8-18(29-20)10-15(12-24)21(26)25-17-6-4-16(23)5-7-17/h2-11H,1H3,(H,25,26)(H,27,28)/b15-10-. The smallest absolute Gasteiger partial charge is 0.335 e. The van der Waals surface area contributed by atoms with Crippen LogP contribution in [0.25, 0.3) is 17.4 Å². The number of halogens is 1. The van der Waals surface area contributed by atoms with Crippen LogP contribution in [-0.4, -0.2) is 17.0 Å². The number of aryl methyl sites for hydroxylation is 1. The molecule has 144 valence electrons. The molecule has 0 saturated carbocycles. The van der Waals surface area contributed by atoms with E-state index in [9.17, 15) is 20.0 Å². The summed E-state index contributed by atoms with van der Waals surface area (Å²) in [7, 11) is 0. The van der Waals surface area contributed by atoms with Crippen molar-refractivity contribution >= 4 is 39.6 Å². The quantitative estimate of drug-likeness (QED) is 0.407. The van der Waals surface area contributed by atoms with Gasteiger partial charge in [-0.2, -0.15) is 5.26 Å². The molecule has 0 bridgehead atoms. The maximum Gasteiger partial charge on any atom is 0.335 e. The lowest BCUT2D eigenvalue weighted by atomic mass is 10.0. The zero-order valence-electron chi connectivity index (χ0n) is 15.3. The molecule has 3 rings (SSSR count). The molecule has 6 nitrogen and oxygen atoms in total. The molecule has 1 aromatic heterocycles. The van der Waals surface area contributed by atoms with Crippen LogP contribution in [0.4, 0.5) is 5.69 Å². The zero-order chi connectivity index (χ0) is 21.0.